The van der Waals surface area contributed by atoms with Crippen LogP contribution in [0.2, 0.25) is 0 Å². The maximum atomic E-state index is 12.5. The molecule has 0 radical (unpaired) electrons. The number of aliphatic hydroxyl groups is 1. The molecule has 1 heterocycles. The molecule has 1 aromatic rings. The van der Waals surface area contributed by atoms with Gasteiger partial charge in [0.25, 0.3) is 0 Å². The van der Waals surface area contributed by atoms with Gasteiger partial charge >= 0.3 is 0 Å². The van der Waals surface area contributed by atoms with Crippen molar-refractivity contribution in [1.82, 2.24) is 9.80 Å². The van der Waals surface area contributed by atoms with E-state index in [4.69, 9.17) is 5.11 Å². The number of carbonyl (C=O) groups is 1. The normalized spacial score (nSPS) is 19.2. The summed E-state index contributed by atoms with van der Waals surface area (Å²) in [5.74, 6) is 0.926. The van der Waals surface area contributed by atoms with E-state index in [2.05, 4.69) is 34.1 Å². The zero-order chi connectivity index (χ0) is 19.8. The molecule has 156 valence electrons. The minimum Gasteiger partial charge on any atom is -0.395 e. The van der Waals surface area contributed by atoms with E-state index in [-0.39, 0.29) is 12.5 Å². The fourth-order valence-corrected chi connectivity index (χ4v) is 4.60. The monoisotopic (exact) mass is 387 g/mol. The lowest BCUT2D eigenvalue weighted by Crippen LogP contribution is -2.47. The summed E-state index contributed by atoms with van der Waals surface area (Å²) < 4.78 is 0. The molecule has 5 nitrogen and oxygen atoms in total. The van der Waals surface area contributed by atoms with Gasteiger partial charge in [0, 0.05) is 51.4 Å². The highest BCUT2D eigenvalue weighted by Crippen LogP contribution is 2.34. The maximum Gasteiger partial charge on any atom is 0.226 e. The van der Waals surface area contributed by atoms with Crippen molar-refractivity contribution >= 4 is 11.6 Å². The second kappa shape index (κ2) is 10.9. The van der Waals surface area contributed by atoms with E-state index in [9.17, 15) is 4.79 Å². The highest BCUT2D eigenvalue weighted by Gasteiger charge is 2.20. The van der Waals surface area contributed by atoms with Crippen molar-refractivity contribution in [2.75, 3.05) is 57.3 Å². The lowest BCUT2D eigenvalue weighted by Gasteiger charge is -2.34. The average Bonchev–Trinajstić information content (AvgIpc) is 3.27. The third-order valence-corrected chi connectivity index (χ3v) is 6.37. The van der Waals surface area contributed by atoms with E-state index >= 15 is 0 Å². The standard InChI is InChI=1S/C23H37N3O2/c1-2-23(28)26(13-5-12-24-14-16-25(17-15-24)18-19-27)22-10-8-21(9-11-22)20-6-3-4-7-20/h8-11,20,27H,2-7,12-19H2,1H3. The van der Waals surface area contributed by atoms with Gasteiger partial charge in [-0.3, -0.25) is 9.69 Å². The molecule has 0 unspecified atom stereocenters. The number of nitrogens with zero attached hydrogens (tertiary/aromatic N) is 3. The van der Waals surface area contributed by atoms with Crippen molar-refractivity contribution in [3.63, 3.8) is 0 Å². The quantitative estimate of drug-likeness (QED) is 0.707. The second-order valence-corrected chi connectivity index (χ2v) is 8.23. The molecule has 1 amide bonds. The van der Waals surface area contributed by atoms with Gasteiger partial charge in [-0.15, -0.1) is 0 Å². The fraction of sp³-hybridized carbons (Fsp3) is 0.696. The Labute approximate surface area is 170 Å². The van der Waals surface area contributed by atoms with Crippen LogP contribution < -0.4 is 4.90 Å². The minimum absolute atomic E-state index is 0.210. The Kier molecular flexibility index (Phi) is 8.31. The molecule has 0 aromatic heterocycles. The Morgan fingerprint density at radius 2 is 1.64 bits per heavy atom. The molecular weight excluding hydrogens is 350 g/mol. The van der Waals surface area contributed by atoms with Gasteiger partial charge in [0.05, 0.1) is 6.61 Å². The summed E-state index contributed by atoms with van der Waals surface area (Å²) in [7, 11) is 0. The van der Waals surface area contributed by atoms with Gasteiger partial charge < -0.3 is 14.9 Å². The molecule has 0 atom stereocenters. The molecule has 2 fully saturated rings. The number of rotatable bonds is 9. The SMILES string of the molecule is CCC(=O)N(CCCN1CCN(CCO)CC1)c1ccc(C2CCCC2)cc1. The van der Waals surface area contributed by atoms with Crippen LogP contribution in [0.15, 0.2) is 24.3 Å². The lowest BCUT2D eigenvalue weighted by atomic mass is 9.97. The van der Waals surface area contributed by atoms with Gasteiger partial charge in [0.15, 0.2) is 0 Å². The van der Waals surface area contributed by atoms with Crippen LogP contribution in [0, 0.1) is 0 Å². The number of hydrogen-bond donors (Lipinski definition) is 1. The molecule has 2 aliphatic rings. The van der Waals surface area contributed by atoms with Crippen LogP contribution in [0.4, 0.5) is 5.69 Å². The number of benzene rings is 1. The van der Waals surface area contributed by atoms with Crippen LogP contribution in [0.5, 0.6) is 0 Å². The number of β-amino-alcohol motifs (C(OH)–C–C–N with tert-alkyl or cyclic N) is 1. The molecule has 1 saturated carbocycles. The number of carbonyl (C=O) groups excluding carboxylic acids is 1. The van der Waals surface area contributed by atoms with Crippen LogP contribution in [-0.4, -0.2) is 73.2 Å². The lowest BCUT2D eigenvalue weighted by molar-refractivity contribution is -0.118. The Balaban J connectivity index is 1.50. The van der Waals surface area contributed by atoms with Gasteiger partial charge in [0.1, 0.15) is 0 Å². The first-order valence-electron chi connectivity index (χ1n) is 11.2. The largest absolute Gasteiger partial charge is 0.395 e. The number of hydrogen-bond acceptors (Lipinski definition) is 4. The topological polar surface area (TPSA) is 47.0 Å². The number of aliphatic hydroxyl groups excluding tert-OH is 1. The summed E-state index contributed by atoms with van der Waals surface area (Å²) in [5.41, 5.74) is 2.48. The van der Waals surface area contributed by atoms with Crippen LogP contribution in [0.1, 0.15) is 56.9 Å². The molecule has 1 N–H and O–H groups in total. The Hall–Kier alpha value is -1.43. The Morgan fingerprint density at radius 1 is 1.04 bits per heavy atom. The van der Waals surface area contributed by atoms with Crippen molar-refractivity contribution in [1.29, 1.82) is 0 Å². The summed E-state index contributed by atoms with van der Waals surface area (Å²) in [4.78, 5) is 19.3. The van der Waals surface area contributed by atoms with Crippen LogP contribution in [-0.2, 0) is 4.79 Å². The number of piperazine rings is 1. The van der Waals surface area contributed by atoms with E-state index in [0.29, 0.717) is 12.3 Å². The Morgan fingerprint density at radius 3 is 2.21 bits per heavy atom. The van der Waals surface area contributed by atoms with Crippen molar-refractivity contribution in [3.05, 3.63) is 29.8 Å². The summed E-state index contributed by atoms with van der Waals surface area (Å²) in [6, 6.07) is 8.77. The highest BCUT2D eigenvalue weighted by molar-refractivity contribution is 5.93. The van der Waals surface area contributed by atoms with Crippen LogP contribution in [0.25, 0.3) is 0 Å². The first kappa shape index (κ1) is 21.3. The van der Waals surface area contributed by atoms with Gasteiger partial charge in [-0.05, 0) is 49.4 Å². The van der Waals surface area contributed by atoms with E-state index in [1.54, 1.807) is 0 Å². The molecule has 3 rings (SSSR count). The van der Waals surface area contributed by atoms with E-state index in [0.717, 1.165) is 57.9 Å². The average molecular weight is 388 g/mol. The van der Waals surface area contributed by atoms with Crippen molar-refractivity contribution in [2.45, 2.75) is 51.4 Å². The number of amides is 1. The zero-order valence-corrected chi connectivity index (χ0v) is 17.5. The van der Waals surface area contributed by atoms with Gasteiger partial charge in [-0.2, -0.15) is 0 Å². The van der Waals surface area contributed by atoms with Crippen molar-refractivity contribution < 1.29 is 9.90 Å². The Bertz CT molecular complexity index is 590. The summed E-state index contributed by atoms with van der Waals surface area (Å²) in [6.07, 6.45) is 6.85. The van der Waals surface area contributed by atoms with E-state index < -0.39 is 0 Å². The third kappa shape index (κ3) is 5.79. The van der Waals surface area contributed by atoms with Gasteiger partial charge in [-0.1, -0.05) is 31.9 Å². The van der Waals surface area contributed by atoms with Gasteiger partial charge in [-0.25, -0.2) is 0 Å². The molecule has 0 bridgehead atoms. The number of anilines is 1. The fourth-order valence-electron chi connectivity index (χ4n) is 4.60. The smallest absolute Gasteiger partial charge is 0.226 e. The van der Waals surface area contributed by atoms with E-state index in [1.165, 1.54) is 31.2 Å². The van der Waals surface area contributed by atoms with Gasteiger partial charge in [0.2, 0.25) is 5.91 Å². The maximum absolute atomic E-state index is 12.5. The molecule has 1 aliphatic carbocycles. The molecule has 5 heteroatoms. The van der Waals surface area contributed by atoms with Crippen molar-refractivity contribution in [3.8, 4) is 0 Å². The zero-order valence-electron chi connectivity index (χ0n) is 17.5. The molecule has 1 saturated heterocycles. The predicted octanol–water partition coefficient (Wildman–Crippen LogP) is 3.09. The molecule has 1 aromatic carbocycles. The second-order valence-electron chi connectivity index (χ2n) is 8.23. The van der Waals surface area contributed by atoms with Crippen LogP contribution in [0.3, 0.4) is 0 Å². The van der Waals surface area contributed by atoms with E-state index in [1.807, 2.05) is 11.8 Å². The van der Waals surface area contributed by atoms with Crippen LogP contribution >= 0.6 is 0 Å². The minimum atomic E-state index is 0.210. The highest BCUT2D eigenvalue weighted by atomic mass is 16.3. The molecule has 0 spiro atoms. The molecular formula is C23H37N3O2. The summed E-state index contributed by atoms with van der Waals surface area (Å²) >= 11 is 0. The summed E-state index contributed by atoms with van der Waals surface area (Å²) in [5, 5.41) is 9.06. The molecule has 1 aliphatic heterocycles. The first-order valence-corrected chi connectivity index (χ1v) is 11.2. The predicted molar refractivity (Wildman–Crippen MR) is 115 cm³/mol. The van der Waals surface area contributed by atoms with Crippen molar-refractivity contribution in [2.24, 2.45) is 0 Å². The molecule has 28 heavy (non-hydrogen) atoms. The third-order valence-electron chi connectivity index (χ3n) is 6.37. The summed E-state index contributed by atoms with van der Waals surface area (Å²) in [6.45, 7) is 8.95. The first-order chi connectivity index (χ1) is 13.7.